The Morgan fingerprint density at radius 1 is 1.32 bits per heavy atom. The number of benzene rings is 1. The van der Waals surface area contributed by atoms with E-state index < -0.39 is 22.0 Å². The fourth-order valence-corrected chi connectivity index (χ4v) is 3.79. The Labute approximate surface area is 146 Å². The number of carbonyl (C=O) groups is 1. The van der Waals surface area contributed by atoms with Crippen molar-refractivity contribution in [1.82, 2.24) is 4.72 Å². The lowest BCUT2D eigenvalue weighted by Crippen LogP contribution is -2.42. The molecule has 124 valence electrons. The first-order chi connectivity index (χ1) is 10.5. The van der Waals surface area contributed by atoms with Crippen molar-refractivity contribution >= 4 is 38.6 Å². The van der Waals surface area contributed by atoms with Crippen LogP contribution in [0.1, 0.15) is 31.7 Å². The molecule has 5 nitrogen and oxygen atoms in total. The molecular weight excluding hydrogens is 417 g/mol. The largest absolute Gasteiger partial charge is 0.465 e. The number of rotatable bonds is 10. The normalized spacial score (nSPS) is 12.8. The second-order valence-corrected chi connectivity index (χ2v) is 7.75. The van der Waals surface area contributed by atoms with Gasteiger partial charge < -0.3 is 4.74 Å². The zero-order valence-electron chi connectivity index (χ0n) is 12.6. The lowest BCUT2D eigenvalue weighted by atomic mass is 10.2. The van der Waals surface area contributed by atoms with Gasteiger partial charge in [0.15, 0.2) is 0 Å². The van der Waals surface area contributed by atoms with Crippen LogP contribution >= 0.6 is 22.6 Å². The minimum Gasteiger partial charge on any atom is -0.465 e. The van der Waals surface area contributed by atoms with E-state index in [2.05, 4.69) is 27.3 Å². The molecule has 0 radical (unpaired) electrons. The van der Waals surface area contributed by atoms with Crippen LogP contribution in [-0.2, 0) is 25.3 Å². The van der Waals surface area contributed by atoms with Crippen molar-refractivity contribution in [3.05, 3.63) is 35.9 Å². The van der Waals surface area contributed by atoms with Crippen molar-refractivity contribution in [2.24, 2.45) is 0 Å². The maximum absolute atomic E-state index is 12.2. The summed E-state index contributed by atoms with van der Waals surface area (Å²) in [7, 11) is -3.59. The Morgan fingerprint density at radius 3 is 2.59 bits per heavy atom. The lowest BCUT2D eigenvalue weighted by Gasteiger charge is -2.17. The third-order valence-corrected chi connectivity index (χ3v) is 4.93. The van der Waals surface area contributed by atoms with Gasteiger partial charge in [-0.25, -0.2) is 13.1 Å². The molecule has 0 aliphatic carbocycles. The minimum absolute atomic E-state index is 0.145. The van der Waals surface area contributed by atoms with Crippen molar-refractivity contribution in [2.45, 2.75) is 38.0 Å². The highest BCUT2D eigenvalue weighted by atomic mass is 127. The third-order valence-electron chi connectivity index (χ3n) is 2.95. The topological polar surface area (TPSA) is 72.5 Å². The molecule has 7 heteroatoms. The molecule has 22 heavy (non-hydrogen) atoms. The average Bonchev–Trinajstić information content (AvgIpc) is 2.47. The Morgan fingerprint density at radius 2 is 2.00 bits per heavy atom. The first kappa shape index (κ1) is 19.4. The molecule has 0 unspecified atom stereocenters. The first-order valence-electron chi connectivity index (χ1n) is 7.25. The van der Waals surface area contributed by atoms with E-state index in [0.717, 1.165) is 12.8 Å². The summed E-state index contributed by atoms with van der Waals surface area (Å²) in [5.41, 5.74) is 0.683. The van der Waals surface area contributed by atoms with E-state index >= 15 is 0 Å². The zero-order valence-corrected chi connectivity index (χ0v) is 15.6. The van der Waals surface area contributed by atoms with Gasteiger partial charge in [0.05, 0.1) is 12.4 Å². The molecule has 0 aromatic heterocycles. The molecule has 0 aliphatic heterocycles. The molecular formula is C15H22INO4S. The number of nitrogens with one attached hydrogen (secondary N) is 1. The standard InChI is InChI=1S/C15H22INO4S/c1-2-3-11-21-15(18)14(9-10-16)17-22(19,20)12-13-7-5-4-6-8-13/h4-8,14,17H,2-3,9-12H2,1H3/t14-/m1/s1. The number of esters is 1. The SMILES string of the molecule is CCCCOC(=O)[C@@H](CCI)NS(=O)(=O)Cc1ccccc1. The molecule has 0 bridgehead atoms. The maximum atomic E-state index is 12.2. The van der Waals surface area contributed by atoms with E-state index in [9.17, 15) is 13.2 Å². The average molecular weight is 439 g/mol. The number of ether oxygens (including phenoxy) is 1. The van der Waals surface area contributed by atoms with Gasteiger partial charge in [0.1, 0.15) is 6.04 Å². The predicted octanol–water partition coefficient (Wildman–Crippen LogP) is 2.64. The van der Waals surface area contributed by atoms with Crippen LogP contribution in [0.2, 0.25) is 0 Å². The maximum Gasteiger partial charge on any atom is 0.324 e. The van der Waals surface area contributed by atoms with Crippen LogP contribution in [0, 0.1) is 0 Å². The Balaban J connectivity index is 2.66. The van der Waals surface area contributed by atoms with E-state index in [0.29, 0.717) is 23.0 Å². The predicted molar refractivity (Wildman–Crippen MR) is 95.4 cm³/mol. The molecule has 1 atom stereocenters. The van der Waals surface area contributed by atoms with Crippen LogP contribution in [-0.4, -0.2) is 31.5 Å². The van der Waals surface area contributed by atoms with E-state index in [1.54, 1.807) is 24.3 Å². The highest BCUT2D eigenvalue weighted by Crippen LogP contribution is 2.08. The van der Waals surface area contributed by atoms with Gasteiger partial charge in [-0.3, -0.25) is 4.79 Å². The monoisotopic (exact) mass is 439 g/mol. The van der Waals surface area contributed by atoms with Gasteiger partial charge >= 0.3 is 5.97 Å². The number of hydrogen-bond donors (Lipinski definition) is 1. The Bertz CT molecular complexity index is 548. The molecule has 0 saturated heterocycles. The molecule has 1 N–H and O–H groups in total. The van der Waals surface area contributed by atoms with Crippen LogP contribution < -0.4 is 4.72 Å². The molecule has 1 aromatic carbocycles. The van der Waals surface area contributed by atoms with Crippen molar-refractivity contribution < 1.29 is 17.9 Å². The van der Waals surface area contributed by atoms with Gasteiger partial charge in [0.2, 0.25) is 10.0 Å². The molecule has 0 heterocycles. The van der Waals surface area contributed by atoms with Crippen molar-refractivity contribution in [3.63, 3.8) is 0 Å². The molecule has 0 spiro atoms. The summed E-state index contributed by atoms with van der Waals surface area (Å²) in [6.07, 6.45) is 2.11. The number of carbonyl (C=O) groups excluding carboxylic acids is 1. The summed E-state index contributed by atoms with van der Waals surface area (Å²) in [5, 5.41) is 0. The molecule has 1 rings (SSSR count). The number of unbranched alkanes of at least 4 members (excludes halogenated alkanes) is 1. The van der Waals surface area contributed by atoms with Crippen molar-refractivity contribution in [1.29, 1.82) is 0 Å². The van der Waals surface area contributed by atoms with Crippen LogP contribution in [0.5, 0.6) is 0 Å². The minimum atomic E-state index is -3.59. The van der Waals surface area contributed by atoms with Gasteiger partial charge in [-0.1, -0.05) is 66.3 Å². The van der Waals surface area contributed by atoms with Crippen molar-refractivity contribution in [3.8, 4) is 0 Å². The first-order valence-corrected chi connectivity index (χ1v) is 10.4. The summed E-state index contributed by atoms with van der Waals surface area (Å²) >= 11 is 2.11. The summed E-state index contributed by atoms with van der Waals surface area (Å²) in [6, 6.07) is 8.06. The number of halogens is 1. The smallest absolute Gasteiger partial charge is 0.324 e. The molecule has 0 fully saturated rings. The number of hydrogen-bond acceptors (Lipinski definition) is 4. The molecule has 0 amide bonds. The second kappa shape index (κ2) is 10.2. The van der Waals surface area contributed by atoms with Gasteiger partial charge in [-0.2, -0.15) is 0 Å². The third kappa shape index (κ3) is 7.55. The Kier molecular flexibility index (Phi) is 8.96. The lowest BCUT2D eigenvalue weighted by molar-refractivity contribution is -0.145. The van der Waals surface area contributed by atoms with Gasteiger partial charge in [-0.05, 0) is 18.4 Å². The van der Waals surface area contributed by atoms with E-state index in [-0.39, 0.29) is 5.75 Å². The summed E-state index contributed by atoms with van der Waals surface area (Å²) in [5.74, 6) is -0.643. The Hall–Kier alpha value is -0.670. The quantitative estimate of drug-likeness (QED) is 0.263. The van der Waals surface area contributed by atoms with Gasteiger partial charge in [0, 0.05) is 4.43 Å². The van der Waals surface area contributed by atoms with Gasteiger partial charge in [-0.15, -0.1) is 0 Å². The molecule has 1 aromatic rings. The van der Waals surface area contributed by atoms with E-state index in [1.165, 1.54) is 0 Å². The molecule has 0 saturated carbocycles. The highest BCUT2D eigenvalue weighted by Gasteiger charge is 2.25. The van der Waals surface area contributed by atoms with Crippen molar-refractivity contribution in [2.75, 3.05) is 11.0 Å². The molecule has 0 aliphatic rings. The highest BCUT2D eigenvalue weighted by molar-refractivity contribution is 14.1. The number of sulfonamides is 1. The number of alkyl halides is 1. The summed E-state index contributed by atoms with van der Waals surface area (Å²) < 4.78 is 32.6. The van der Waals surface area contributed by atoms with Crippen LogP contribution in [0.15, 0.2) is 30.3 Å². The summed E-state index contributed by atoms with van der Waals surface area (Å²) in [6.45, 7) is 2.33. The van der Waals surface area contributed by atoms with Gasteiger partial charge in [0.25, 0.3) is 0 Å². The van der Waals surface area contributed by atoms with Crippen LogP contribution in [0.4, 0.5) is 0 Å². The summed E-state index contributed by atoms with van der Waals surface area (Å²) in [4.78, 5) is 12.0. The van der Waals surface area contributed by atoms with Crippen LogP contribution in [0.25, 0.3) is 0 Å². The zero-order chi connectivity index (χ0) is 16.4. The van der Waals surface area contributed by atoms with E-state index in [4.69, 9.17) is 4.74 Å². The fourth-order valence-electron chi connectivity index (χ4n) is 1.80. The second-order valence-electron chi connectivity index (χ2n) is 4.91. The fraction of sp³-hybridized carbons (Fsp3) is 0.533. The van der Waals surface area contributed by atoms with E-state index in [1.807, 2.05) is 13.0 Å². The van der Waals surface area contributed by atoms with Crippen LogP contribution in [0.3, 0.4) is 0 Å².